The van der Waals surface area contributed by atoms with Gasteiger partial charge in [-0.05, 0) is 54.3 Å². The number of carbonyl (C=O) groups excluding carboxylic acids is 1. The van der Waals surface area contributed by atoms with E-state index in [0.717, 1.165) is 40.1 Å². The van der Waals surface area contributed by atoms with Crippen LogP contribution in [0, 0.1) is 0 Å². The van der Waals surface area contributed by atoms with Gasteiger partial charge >= 0.3 is 0 Å². The van der Waals surface area contributed by atoms with Crippen LogP contribution in [-0.2, 0) is 24.2 Å². The van der Waals surface area contributed by atoms with Crippen molar-refractivity contribution in [3.05, 3.63) is 69.3 Å². The normalized spacial score (nSPS) is 15.5. The Bertz CT molecular complexity index is 1010. The second-order valence-electron chi connectivity index (χ2n) is 7.29. The van der Waals surface area contributed by atoms with Crippen LogP contribution in [0.2, 0.25) is 10.0 Å². The van der Waals surface area contributed by atoms with Crippen LogP contribution in [0.25, 0.3) is 10.9 Å². The molecule has 2 heterocycles. The molecule has 0 spiro atoms. The van der Waals surface area contributed by atoms with E-state index in [1.54, 1.807) is 6.07 Å². The number of hydrogen-bond donors (Lipinski definition) is 2. The van der Waals surface area contributed by atoms with Crippen molar-refractivity contribution in [2.24, 2.45) is 0 Å². The highest BCUT2D eigenvalue weighted by Gasteiger charge is 2.30. The molecule has 4 nitrogen and oxygen atoms in total. The molecule has 0 aliphatic carbocycles. The smallest absolute Gasteiger partial charge is 0.154 e. The maximum Gasteiger partial charge on any atom is 0.154 e. The Kier molecular flexibility index (Phi) is 5.74. The van der Waals surface area contributed by atoms with E-state index in [1.807, 2.05) is 36.4 Å². The number of carbonyl (C=O) groups is 1. The lowest BCUT2D eigenvalue weighted by Gasteiger charge is -2.33. The van der Waals surface area contributed by atoms with Crippen LogP contribution >= 0.6 is 23.2 Å². The molecule has 1 aromatic heterocycles. The summed E-state index contributed by atoms with van der Waals surface area (Å²) in [6, 6.07) is 13.0. The van der Waals surface area contributed by atoms with Crippen LogP contribution in [0.4, 0.5) is 0 Å². The number of aliphatic hydroxyl groups is 1. The van der Waals surface area contributed by atoms with Gasteiger partial charge in [0.2, 0.25) is 0 Å². The summed E-state index contributed by atoms with van der Waals surface area (Å²) < 4.78 is 0. The molecular formula is C22H22Cl2N2O2. The van der Waals surface area contributed by atoms with Gasteiger partial charge in [0, 0.05) is 52.8 Å². The minimum Gasteiger partial charge on any atom is -0.396 e. The van der Waals surface area contributed by atoms with Crippen molar-refractivity contribution in [3.63, 3.8) is 0 Å². The number of fused-ring (bicyclic) bond motifs is 3. The van der Waals surface area contributed by atoms with Crippen LogP contribution < -0.4 is 0 Å². The maximum atomic E-state index is 13.0. The van der Waals surface area contributed by atoms with Crippen LogP contribution in [0.3, 0.4) is 0 Å². The minimum atomic E-state index is -0.313. The van der Waals surface area contributed by atoms with Gasteiger partial charge in [-0.1, -0.05) is 35.3 Å². The molecule has 2 aromatic carbocycles. The zero-order valence-electron chi connectivity index (χ0n) is 15.4. The Hall–Kier alpha value is -1.85. The van der Waals surface area contributed by atoms with Crippen molar-refractivity contribution in [1.82, 2.24) is 9.88 Å². The Labute approximate surface area is 174 Å². The average molecular weight is 417 g/mol. The number of aliphatic hydroxyl groups excluding tert-OH is 1. The first kappa shape index (κ1) is 19.5. The molecule has 0 radical (unpaired) electrons. The van der Waals surface area contributed by atoms with Gasteiger partial charge in [-0.15, -0.1) is 0 Å². The average Bonchev–Trinajstić information content (AvgIpc) is 3.03. The zero-order valence-corrected chi connectivity index (χ0v) is 16.9. The number of rotatable bonds is 6. The Morgan fingerprint density at radius 1 is 1.18 bits per heavy atom. The number of benzene rings is 2. The van der Waals surface area contributed by atoms with Gasteiger partial charge in [-0.25, -0.2) is 0 Å². The fourth-order valence-electron chi connectivity index (χ4n) is 4.14. The van der Waals surface area contributed by atoms with Gasteiger partial charge in [0.25, 0.3) is 0 Å². The predicted octanol–water partition coefficient (Wildman–Crippen LogP) is 4.40. The van der Waals surface area contributed by atoms with E-state index in [2.05, 4.69) is 9.88 Å². The number of nitrogens with one attached hydrogen (secondary N) is 1. The summed E-state index contributed by atoms with van der Waals surface area (Å²) in [6.07, 6.45) is 1.60. The number of aromatic amines is 1. The molecule has 0 bridgehead atoms. The highest BCUT2D eigenvalue weighted by molar-refractivity contribution is 6.31. The fourth-order valence-corrected chi connectivity index (χ4v) is 4.52. The number of aromatic nitrogens is 1. The second kappa shape index (κ2) is 8.26. The standard InChI is InChI=1S/C22H22Cl2N2O2/c23-15-3-1-2-14(10-15)11-22(28)21(7-9-27)26-8-6-17-18-12-16(24)4-5-19(18)25-20(17)13-26/h1-5,10,12,21,25,27H,6-9,11,13H2. The van der Waals surface area contributed by atoms with Crippen molar-refractivity contribution in [2.75, 3.05) is 13.2 Å². The number of ketones is 1. The third-order valence-electron chi connectivity index (χ3n) is 5.45. The van der Waals surface area contributed by atoms with Crippen LogP contribution in [-0.4, -0.2) is 40.0 Å². The van der Waals surface area contributed by atoms with E-state index >= 15 is 0 Å². The van der Waals surface area contributed by atoms with Gasteiger partial charge in [-0.2, -0.15) is 0 Å². The van der Waals surface area contributed by atoms with E-state index in [-0.39, 0.29) is 18.4 Å². The van der Waals surface area contributed by atoms with E-state index in [4.69, 9.17) is 23.2 Å². The summed E-state index contributed by atoms with van der Waals surface area (Å²) in [7, 11) is 0. The molecule has 2 N–H and O–H groups in total. The Morgan fingerprint density at radius 3 is 2.79 bits per heavy atom. The van der Waals surface area contributed by atoms with Crippen molar-refractivity contribution < 1.29 is 9.90 Å². The molecule has 3 aromatic rings. The monoisotopic (exact) mass is 416 g/mol. The molecule has 146 valence electrons. The first-order valence-electron chi connectivity index (χ1n) is 9.46. The number of halogens is 2. The zero-order chi connectivity index (χ0) is 19.7. The number of Topliss-reactive ketones (excluding diaryl/α,β-unsaturated/α-hetero) is 1. The fraction of sp³-hybridized carbons (Fsp3) is 0.318. The van der Waals surface area contributed by atoms with E-state index in [0.29, 0.717) is 24.4 Å². The highest BCUT2D eigenvalue weighted by atomic mass is 35.5. The molecule has 1 unspecified atom stereocenters. The lowest BCUT2D eigenvalue weighted by Crippen LogP contribution is -2.45. The second-order valence-corrected chi connectivity index (χ2v) is 8.17. The first-order valence-corrected chi connectivity index (χ1v) is 10.2. The molecule has 0 fully saturated rings. The molecule has 0 saturated heterocycles. The van der Waals surface area contributed by atoms with E-state index in [9.17, 15) is 9.90 Å². The molecule has 4 rings (SSSR count). The summed E-state index contributed by atoms with van der Waals surface area (Å²) in [4.78, 5) is 18.7. The van der Waals surface area contributed by atoms with Crippen LogP contribution in [0.5, 0.6) is 0 Å². The first-order chi connectivity index (χ1) is 13.5. The van der Waals surface area contributed by atoms with Crippen molar-refractivity contribution >= 4 is 39.9 Å². The summed E-state index contributed by atoms with van der Waals surface area (Å²) >= 11 is 12.2. The molecule has 28 heavy (non-hydrogen) atoms. The largest absolute Gasteiger partial charge is 0.396 e. The van der Waals surface area contributed by atoms with Gasteiger partial charge in [-0.3, -0.25) is 9.69 Å². The van der Waals surface area contributed by atoms with Gasteiger partial charge in [0.1, 0.15) is 0 Å². The van der Waals surface area contributed by atoms with Gasteiger partial charge < -0.3 is 10.1 Å². The summed E-state index contributed by atoms with van der Waals surface area (Å²) in [6.45, 7) is 1.42. The van der Waals surface area contributed by atoms with Crippen molar-refractivity contribution in [1.29, 1.82) is 0 Å². The molecular weight excluding hydrogens is 395 g/mol. The Morgan fingerprint density at radius 2 is 2.00 bits per heavy atom. The maximum absolute atomic E-state index is 13.0. The molecule has 0 saturated carbocycles. The highest BCUT2D eigenvalue weighted by Crippen LogP contribution is 2.31. The Balaban J connectivity index is 1.55. The summed E-state index contributed by atoms with van der Waals surface area (Å²) in [5.74, 6) is 0.110. The molecule has 0 amide bonds. The summed E-state index contributed by atoms with van der Waals surface area (Å²) in [5, 5.41) is 12.1. The lowest BCUT2D eigenvalue weighted by atomic mass is 9.96. The quantitative estimate of drug-likeness (QED) is 0.625. The van der Waals surface area contributed by atoms with Gasteiger partial charge in [0.05, 0.1) is 6.04 Å². The number of hydrogen-bond acceptors (Lipinski definition) is 3. The van der Waals surface area contributed by atoms with Crippen LogP contribution in [0.1, 0.15) is 23.2 Å². The lowest BCUT2D eigenvalue weighted by molar-refractivity contribution is -0.124. The molecule has 6 heteroatoms. The summed E-state index contributed by atoms with van der Waals surface area (Å²) in [5.41, 5.74) is 4.37. The van der Waals surface area contributed by atoms with Crippen molar-refractivity contribution in [3.8, 4) is 0 Å². The molecule has 1 aliphatic heterocycles. The third-order valence-corrected chi connectivity index (χ3v) is 5.92. The minimum absolute atomic E-state index is 0.0163. The topological polar surface area (TPSA) is 56.3 Å². The number of nitrogens with zero attached hydrogens (tertiary/aromatic N) is 1. The van der Waals surface area contributed by atoms with E-state index < -0.39 is 0 Å². The molecule has 1 aliphatic rings. The van der Waals surface area contributed by atoms with Crippen molar-refractivity contribution in [2.45, 2.75) is 31.8 Å². The van der Waals surface area contributed by atoms with Gasteiger partial charge in [0.15, 0.2) is 5.78 Å². The number of H-pyrrole nitrogens is 1. The van der Waals surface area contributed by atoms with Crippen LogP contribution in [0.15, 0.2) is 42.5 Å². The molecule has 1 atom stereocenters. The van der Waals surface area contributed by atoms with E-state index in [1.165, 1.54) is 5.56 Å². The third kappa shape index (κ3) is 3.96. The SMILES string of the molecule is O=C(Cc1cccc(Cl)c1)C(CCO)N1CCc2c([nH]c3ccc(Cl)cc23)C1. The predicted molar refractivity (Wildman–Crippen MR) is 113 cm³/mol.